The van der Waals surface area contributed by atoms with Gasteiger partial charge in [0.25, 0.3) is 0 Å². The maximum Gasteiger partial charge on any atom is 0.246 e. The number of benzene rings is 2. The molecule has 0 saturated carbocycles. The third kappa shape index (κ3) is 9.48. The van der Waals surface area contributed by atoms with Crippen molar-refractivity contribution in [1.29, 1.82) is 0 Å². The van der Waals surface area contributed by atoms with Gasteiger partial charge in [0, 0.05) is 25.4 Å². The zero-order chi connectivity index (χ0) is 31.7. The van der Waals surface area contributed by atoms with Crippen LogP contribution in [-0.2, 0) is 55.0 Å². The van der Waals surface area contributed by atoms with Gasteiger partial charge in [-0.2, -0.15) is 0 Å². The SMILES string of the molecule is CC(C)[C@H](NC(=O)Cc1c[nH]cn1)C(=O)N1Cc2ccccc2C[C@H]1C(=O)N[C@@H](CCS(C)(=O)=O)COCc1ccccc1. The van der Waals surface area contributed by atoms with E-state index in [1.165, 1.54) is 11.2 Å². The summed E-state index contributed by atoms with van der Waals surface area (Å²) >= 11 is 0. The third-order valence-electron chi connectivity index (χ3n) is 7.59. The number of nitrogens with one attached hydrogen (secondary N) is 3. The third-order valence-corrected chi connectivity index (χ3v) is 8.57. The molecule has 12 heteroatoms. The van der Waals surface area contributed by atoms with Crippen LogP contribution in [0.15, 0.2) is 67.1 Å². The highest BCUT2D eigenvalue weighted by Gasteiger charge is 2.39. The van der Waals surface area contributed by atoms with Gasteiger partial charge >= 0.3 is 0 Å². The van der Waals surface area contributed by atoms with Crippen LogP contribution in [0.1, 0.15) is 42.7 Å². The van der Waals surface area contributed by atoms with E-state index in [1.54, 1.807) is 6.20 Å². The molecule has 11 nitrogen and oxygen atoms in total. The lowest BCUT2D eigenvalue weighted by Gasteiger charge is -2.39. The van der Waals surface area contributed by atoms with E-state index < -0.39 is 33.9 Å². The minimum absolute atomic E-state index is 0.0117. The van der Waals surface area contributed by atoms with Crippen LogP contribution >= 0.6 is 0 Å². The van der Waals surface area contributed by atoms with Crippen molar-refractivity contribution < 1.29 is 27.5 Å². The van der Waals surface area contributed by atoms with Gasteiger partial charge in [-0.1, -0.05) is 68.4 Å². The molecule has 3 N–H and O–H groups in total. The number of amides is 3. The molecule has 3 atom stereocenters. The summed E-state index contributed by atoms with van der Waals surface area (Å²) in [5, 5.41) is 5.83. The quantitative estimate of drug-likeness (QED) is 0.249. The molecule has 0 spiro atoms. The molecule has 0 radical (unpaired) electrons. The maximum atomic E-state index is 14.1. The molecule has 2 aromatic carbocycles. The molecule has 1 aliphatic rings. The van der Waals surface area contributed by atoms with Crippen LogP contribution in [0, 0.1) is 5.92 Å². The number of hydrogen-bond acceptors (Lipinski definition) is 7. The van der Waals surface area contributed by atoms with E-state index in [0.29, 0.717) is 12.3 Å². The van der Waals surface area contributed by atoms with Crippen molar-refractivity contribution in [2.75, 3.05) is 18.6 Å². The molecule has 236 valence electrons. The number of hydrogen-bond donors (Lipinski definition) is 3. The molecule has 0 bridgehead atoms. The standard InChI is InChI=1S/C32H41N5O6S/c1-22(2)30(36-29(38)16-27-17-33-21-34-27)32(40)37-18-25-12-8-7-11-24(25)15-28(37)31(39)35-26(13-14-44(3,41)42)20-43-19-23-9-5-4-6-10-23/h4-12,17,21-22,26,28,30H,13-16,18-20H2,1-3H3,(H,33,34)(H,35,39)(H,36,38)/t26-,28-,30-/m0/s1. The number of rotatable bonds is 14. The monoisotopic (exact) mass is 623 g/mol. The van der Waals surface area contributed by atoms with Crippen LogP contribution in [0.25, 0.3) is 0 Å². The van der Waals surface area contributed by atoms with Gasteiger partial charge in [0.1, 0.15) is 21.9 Å². The average Bonchev–Trinajstić information content (AvgIpc) is 3.50. The van der Waals surface area contributed by atoms with E-state index in [4.69, 9.17) is 4.74 Å². The zero-order valence-electron chi connectivity index (χ0n) is 25.4. The van der Waals surface area contributed by atoms with Crippen LogP contribution in [0.4, 0.5) is 0 Å². The molecular weight excluding hydrogens is 582 g/mol. The number of ether oxygens (including phenoxy) is 1. The first-order valence-electron chi connectivity index (χ1n) is 14.7. The summed E-state index contributed by atoms with van der Waals surface area (Å²) in [7, 11) is -3.29. The van der Waals surface area contributed by atoms with Crippen molar-refractivity contribution in [1.82, 2.24) is 25.5 Å². The Bertz CT molecular complexity index is 1510. The van der Waals surface area contributed by atoms with Crippen molar-refractivity contribution >= 4 is 27.6 Å². The summed E-state index contributed by atoms with van der Waals surface area (Å²) in [5.74, 6) is -1.49. The van der Waals surface area contributed by atoms with E-state index >= 15 is 0 Å². The lowest BCUT2D eigenvalue weighted by atomic mass is 9.91. The Balaban J connectivity index is 1.52. The Morgan fingerprint density at radius 3 is 2.41 bits per heavy atom. The van der Waals surface area contributed by atoms with Crippen molar-refractivity contribution in [3.8, 4) is 0 Å². The number of sulfone groups is 1. The highest BCUT2D eigenvalue weighted by atomic mass is 32.2. The number of aromatic amines is 1. The summed E-state index contributed by atoms with van der Waals surface area (Å²) in [6.07, 6.45) is 4.72. The number of fused-ring (bicyclic) bond motifs is 1. The molecule has 0 unspecified atom stereocenters. The summed E-state index contributed by atoms with van der Waals surface area (Å²) in [6.45, 7) is 4.29. The van der Waals surface area contributed by atoms with E-state index in [-0.39, 0.29) is 55.9 Å². The molecule has 3 aromatic rings. The van der Waals surface area contributed by atoms with Gasteiger partial charge in [-0.3, -0.25) is 14.4 Å². The van der Waals surface area contributed by atoms with Crippen LogP contribution < -0.4 is 10.6 Å². The summed E-state index contributed by atoms with van der Waals surface area (Å²) < 4.78 is 29.8. The number of aromatic nitrogens is 2. The highest BCUT2D eigenvalue weighted by Crippen LogP contribution is 2.25. The first-order chi connectivity index (χ1) is 21.0. The first kappa shape index (κ1) is 32.9. The van der Waals surface area contributed by atoms with Gasteiger partial charge in [0.2, 0.25) is 17.7 Å². The van der Waals surface area contributed by atoms with E-state index in [0.717, 1.165) is 22.9 Å². The second kappa shape index (κ2) is 15.1. The number of H-pyrrole nitrogens is 1. The minimum Gasteiger partial charge on any atom is -0.375 e. The number of carbonyl (C=O) groups excluding carboxylic acids is 3. The molecule has 0 saturated heterocycles. The fraction of sp³-hybridized carbons (Fsp3) is 0.438. The molecule has 0 fully saturated rings. The van der Waals surface area contributed by atoms with Gasteiger partial charge < -0.3 is 25.3 Å². The van der Waals surface area contributed by atoms with Gasteiger partial charge in [-0.15, -0.1) is 0 Å². The summed E-state index contributed by atoms with van der Waals surface area (Å²) in [5.41, 5.74) is 3.38. The lowest BCUT2D eigenvalue weighted by molar-refractivity contribution is -0.146. The largest absolute Gasteiger partial charge is 0.375 e. The molecule has 3 amide bonds. The van der Waals surface area contributed by atoms with Crippen LogP contribution in [0.3, 0.4) is 0 Å². The molecule has 0 aliphatic carbocycles. The normalized spacial score (nSPS) is 16.2. The van der Waals surface area contributed by atoms with E-state index in [9.17, 15) is 22.8 Å². The fourth-order valence-corrected chi connectivity index (χ4v) is 5.91. The predicted molar refractivity (Wildman–Crippen MR) is 166 cm³/mol. The number of carbonyl (C=O) groups is 3. The van der Waals surface area contributed by atoms with Crippen LogP contribution in [0.2, 0.25) is 0 Å². The second-order valence-corrected chi connectivity index (χ2v) is 13.9. The zero-order valence-corrected chi connectivity index (χ0v) is 26.2. The minimum atomic E-state index is -3.29. The molecule has 1 aliphatic heterocycles. The van der Waals surface area contributed by atoms with Gasteiger partial charge in [-0.25, -0.2) is 13.4 Å². The van der Waals surface area contributed by atoms with Gasteiger partial charge in [0.15, 0.2) is 0 Å². The van der Waals surface area contributed by atoms with E-state index in [1.807, 2.05) is 68.4 Å². The Kier molecular flexibility index (Phi) is 11.3. The van der Waals surface area contributed by atoms with Crippen LogP contribution in [0.5, 0.6) is 0 Å². The van der Waals surface area contributed by atoms with Crippen molar-refractivity contribution in [2.45, 2.75) is 64.4 Å². The number of nitrogens with zero attached hydrogens (tertiary/aromatic N) is 2. The van der Waals surface area contributed by atoms with Gasteiger partial charge in [0.05, 0.1) is 43.5 Å². The number of imidazole rings is 1. The Morgan fingerprint density at radius 1 is 1.05 bits per heavy atom. The van der Waals surface area contributed by atoms with Crippen LogP contribution in [-0.4, -0.2) is 77.7 Å². The maximum absolute atomic E-state index is 14.1. The molecule has 1 aromatic heterocycles. The molecule has 4 rings (SSSR count). The Hall–Kier alpha value is -4.03. The van der Waals surface area contributed by atoms with Crippen molar-refractivity contribution in [3.63, 3.8) is 0 Å². The van der Waals surface area contributed by atoms with Crippen molar-refractivity contribution in [2.24, 2.45) is 5.92 Å². The lowest BCUT2D eigenvalue weighted by Crippen LogP contribution is -2.60. The van der Waals surface area contributed by atoms with Crippen molar-refractivity contribution in [3.05, 3.63) is 89.5 Å². The van der Waals surface area contributed by atoms with E-state index in [2.05, 4.69) is 20.6 Å². The molecular formula is C32H41N5O6S. The van der Waals surface area contributed by atoms with Gasteiger partial charge in [-0.05, 0) is 29.0 Å². The smallest absolute Gasteiger partial charge is 0.246 e. The summed E-state index contributed by atoms with van der Waals surface area (Å²) in [6, 6.07) is 14.9. The fourth-order valence-electron chi connectivity index (χ4n) is 5.20. The Morgan fingerprint density at radius 2 is 1.75 bits per heavy atom. The molecule has 44 heavy (non-hydrogen) atoms. The highest BCUT2D eigenvalue weighted by molar-refractivity contribution is 7.90. The Labute approximate surface area is 258 Å². The second-order valence-electron chi connectivity index (χ2n) is 11.6. The molecule has 2 heterocycles. The predicted octanol–water partition coefficient (Wildman–Crippen LogP) is 2.18. The first-order valence-corrected chi connectivity index (χ1v) is 16.8. The summed E-state index contributed by atoms with van der Waals surface area (Å²) in [4.78, 5) is 49.3. The average molecular weight is 624 g/mol. The topological polar surface area (TPSA) is 151 Å².